The average molecular weight is 403 g/mol. The lowest BCUT2D eigenvalue weighted by molar-refractivity contribution is 0.0955. The Hall–Kier alpha value is -3.00. The third-order valence-electron chi connectivity index (χ3n) is 3.94. The van der Waals surface area contributed by atoms with Gasteiger partial charge in [-0.15, -0.1) is 0 Å². The molecule has 0 saturated heterocycles. The van der Waals surface area contributed by atoms with Gasteiger partial charge in [-0.25, -0.2) is 19.0 Å². The Morgan fingerprint density at radius 1 is 1.14 bits per heavy atom. The first kappa shape index (κ1) is 19.8. The molecule has 0 atom stereocenters. The predicted octanol–water partition coefficient (Wildman–Crippen LogP) is 3.22. The van der Waals surface area contributed by atoms with Gasteiger partial charge in [-0.2, -0.15) is 5.10 Å². The van der Waals surface area contributed by atoms with Crippen molar-refractivity contribution in [2.45, 2.75) is 20.8 Å². The maximum Gasteiger partial charge on any atom is 0.252 e. The molecule has 0 aliphatic carbocycles. The molecule has 9 heteroatoms. The van der Waals surface area contributed by atoms with E-state index in [0.717, 1.165) is 17.5 Å². The molecule has 0 radical (unpaired) electrons. The number of benzene rings is 1. The third kappa shape index (κ3) is 4.64. The molecule has 2 aromatic heterocycles. The molecular formula is C19H20ClFN6O. The summed E-state index contributed by atoms with van der Waals surface area (Å²) in [4.78, 5) is 20.9. The van der Waals surface area contributed by atoms with Gasteiger partial charge in [-0.3, -0.25) is 4.79 Å². The summed E-state index contributed by atoms with van der Waals surface area (Å²) in [5.41, 5.74) is 2.11. The largest absolute Gasteiger partial charge is 0.368 e. The van der Waals surface area contributed by atoms with Crippen LogP contribution in [0.25, 0.3) is 5.82 Å². The smallest absolute Gasteiger partial charge is 0.252 e. The van der Waals surface area contributed by atoms with E-state index in [4.69, 9.17) is 11.6 Å². The molecule has 0 spiro atoms. The number of aromatic nitrogens is 4. The lowest BCUT2D eigenvalue weighted by Crippen LogP contribution is -2.29. The van der Waals surface area contributed by atoms with Crippen LogP contribution >= 0.6 is 11.6 Å². The van der Waals surface area contributed by atoms with Gasteiger partial charge in [0.05, 0.1) is 16.3 Å². The van der Waals surface area contributed by atoms with Crippen molar-refractivity contribution < 1.29 is 9.18 Å². The van der Waals surface area contributed by atoms with Crippen molar-refractivity contribution in [3.8, 4) is 5.82 Å². The first-order chi connectivity index (χ1) is 13.3. The zero-order valence-corrected chi connectivity index (χ0v) is 16.5. The molecule has 2 heterocycles. The number of hydrogen-bond donors (Lipinski definition) is 2. The van der Waals surface area contributed by atoms with Crippen molar-refractivity contribution in [1.29, 1.82) is 0 Å². The summed E-state index contributed by atoms with van der Waals surface area (Å²) in [6.45, 7) is 6.47. The highest BCUT2D eigenvalue weighted by Crippen LogP contribution is 2.17. The normalized spacial score (nSPS) is 10.8. The van der Waals surface area contributed by atoms with Gasteiger partial charge in [0.25, 0.3) is 5.91 Å². The second-order valence-electron chi connectivity index (χ2n) is 6.30. The average Bonchev–Trinajstić information content (AvgIpc) is 2.96. The van der Waals surface area contributed by atoms with Gasteiger partial charge >= 0.3 is 0 Å². The fourth-order valence-electron chi connectivity index (χ4n) is 2.75. The molecule has 0 aliphatic heterocycles. The van der Waals surface area contributed by atoms with Gasteiger partial charge in [0.2, 0.25) is 0 Å². The minimum atomic E-state index is -0.485. The summed E-state index contributed by atoms with van der Waals surface area (Å²) in [5, 5.41) is 10.4. The lowest BCUT2D eigenvalue weighted by atomic mass is 10.2. The van der Waals surface area contributed by atoms with E-state index < -0.39 is 5.82 Å². The van der Waals surface area contributed by atoms with Crippen molar-refractivity contribution >= 4 is 23.3 Å². The Kier molecular flexibility index (Phi) is 5.89. The molecule has 0 fully saturated rings. The molecule has 1 aromatic carbocycles. The number of nitrogens with one attached hydrogen (secondary N) is 2. The molecule has 0 aliphatic rings. The zero-order chi connectivity index (χ0) is 20.3. The van der Waals surface area contributed by atoms with E-state index in [0.29, 0.717) is 30.5 Å². The van der Waals surface area contributed by atoms with Gasteiger partial charge in [0.15, 0.2) is 5.82 Å². The fraction of sp³-hybridized carbons (Fsp3) is 0.263. The van der Waals surface area contributed by atoms with Crippen molar-refractivity contribution in [1.82, 2.24) is 25.1 Å². The fourth-order valence-corrected chi connectivity index (χ4v) is 3.00. The highest BCUT2D eigenvalue weighted by molar-refractivity contribution is 6.33. The van der Waals surface area contributed by atoms with Gasteiger partial charge < -0.3 is 10.6 Å². The minimum Gasteiger partial charge on any atom is -0.368 e. The van der Waals surface area contributed by atoms with Crippen LogP contribution in [0.2, 0.25) is 5.02 Å². The summed E-state index contributed by atoms with van der Waals surface area (Å²) in [6.07, 6.45) is 0. The Balaban J connectivity index is 1.60. The van der Waals surface area contributed by atoms with Gasteiger partial charge in [0.1, 0.15) is 17.5 Å². The number of hydrogen-bond acceptors (Lipinski definition) is 5. The van der Waals surface area contributed by atoms with E-state index in [2.05, 4.69) is 25.7 Å². The first-order valence-corrected chi connectivity index (χ1v) is 9.08. The molecule has 0 unspecified atom stereocenters. The van der Waals surface area contributed by atoms with Crippen LogP contribution in [-0.4, -0.2) is 38.7 Å². The topological polar surface area (TPSA) is 84.7 Å². The molecule has 28 heavy (non-hydrogen) atoms. The van der Waals surface area contributed by atoms with Crippen molar-refractivity contribution in [3.05, 3.63) is 63.9 Å². The molecule has 7 nitrogen and oxygen atoms in total. The second-order valence-corrected chi connectivity index (χ2v) is 6.71. The Labute approximate surface area is 167 Å². The zero-order valence-electron chi connectivity index (χ0n) is 15.8. The van der Waals surface area contributed by atoms with E-state index in [9.17, 15) is 9.18 Å². The minimum absolute atomic E-state index is 0.0754. The molecular weight excluding hydrogens is 383 g/mol. The molecule has 1 amide bonds. The summed E-state index contributed by atoms with van der Waals surface area (Å²) >= 11 is 5.90. The Morgan fingerprint density at radius 2 is 1.93 bits per heavy atom. The Bertz CT molecular complexity index is 1020. The van der Waals surface area contributed by atoms with Crippen LogP contribution in [0.4, 0.5) is 10.2 Å². The number of amides is 1. The number of aryl methyl sites for hydroxylation is 3. The molecule has 2 N–H and O–H groups in total. The van der Waals surface area contributed by atoms with Crippen LogP contribution in [-0.2, 0) is 0 Å². The number of halogens is 2. The lowest BCUT2D eigenvalue weighted by Gasteiger charge is -2.11. The number of anilines is 1. The van der Waals surface area contributed by atoms with E-state index in [-0.39, 0.29) is 16.5 Å². The van der Waals surface area contributed by atoms with Crippen LogP contribution < -0.4 is 10.6 Å². The number of carbonyl (C=O) groups is 1. The predicted molar refractivity (Wildman–Crippen MR) is 106 cm³/mol. The number of nitrogens with zero attached hydrogens (tertiary/aromatic N) is 4. The summed E-state index contributed by atoms with van der Waals surface area (Å²) in [7, 11) is 0. The van der Waals surface area contributed by atoms with Crippen LogP contribution in [0.1, 0.15) is 27.6 Å². The van der Waals surface area contributed by atoms with Gasteiger partial charge in [-0.05, 0) is 45.0 Å². The molecule has 3 aromatic rings. The highest BCUT2D eigenvalue weighted by atomic mass is 35.5. The molecule has 0 bridgehead atoms. The molecule has 146 valence electrons. The van der Waals surface area contributed by atoms with Crippen molar-refractivity contribution in [2.75, 3.05) is 18.4 Å². The highest BCUT2D eigenvalue weighted by Gasteiger charge is 2.11. The Morgan fingerprint density at radius 3 is 2.61 bits per heavy atom. The molecule has 3 rings (SSSR count). The third-order valence-corrected chi connectivity index (χ3v) is 4.26. The summed E-state index contributed by atoms with van der Waals surface area (Å²) in [6, 6.07) is 7.43. The standard InChI is InChI=1S/C19H20ClFN6O/c1-11-8-12(2)27(26-11)18-10-17(24-13(3)25-18)22-6-7-23-19(28)15-5-4-14(21)9-16(15)20/h4-5,8-10H,6-7H2,1-3H3,(H,23,28)(H,22,24,25). The maximum atomic E-state index is 13.1. The van der Waals surface area contributed by atoms with E-state index in [1.807, 2.05) is 19.9 Å². The van der Waals surface area contributed by atoms with Crippen molar-refractivity contribution in [3.63, 3.8) is 0 Å². The summed E-state index contributed by atoms with van der Waals surface area (Å²) < 4.78 is 14.8. The van der Waals surface area contributed by atoms with Gasteiger partial charge in [0, 0.05) is 24.8 Å². The molecule has 0 saturated carbocycles. The van der Waals surface area contributed by atoms with E-state index in [1.165, 1.54) is 12.1 Å². The quantitative estimate of drug-likeness (QED) is 0.618. The second kappa shape index (κ2) is 8.35. The van der Waals surface area contributed by atoms with Crippen LogP contribution in [0.5, 0.6) is 0 Å². The maximum absolute atomic E-state index is 13.1. The van der Waals surface area contributed by atoms with E-state index >= 15 is 0 Å². The van der Waals surface area contributed by atoms with Crippen LogP contribution in [0.15, 0.2) is 30.3 Å². The number of carbonyl (C=O) groups excluding carboxylic acids is 1. The number of rotatable bonds is 6. The van der Waals surface area contributed by atoms with Gasteiger partial charge in [-0.1, -0.05) is 11.6 Å². The monoisotopic (exact) mass is 402 g/mol. The summed E-state index contributed by atoms with van der Waals surface area (Å²) in [5.74, 6) is 1.05. The van der Waals surface area contributed by atoms with Crippen LogP contribution in [0, 0.1) is 26.6 Å². The van der Waals surface area contributed by atoms with E-state index in [1.54, 1.807) is 17.7 Å². The first-order valence-electron chi connectivity index (χ1n) is 8.70. The SMILES string of the molecule is Cc1cc(C)n(-c2cc(NCCNC(=O)c3ccc(F)cc3Cl)nc(C)n2)n1. The van der Waals surface area contributed by atoms with Crippen molar-refractivity contribution in [2.24, 2.45) is 0 Å². The van der Waals surface area contributed by atoms with Crippen LogP contribution in [0.3, 0.4) is 0 Å².